The van der Waals surface area contributed by atoms with Gasteiger partial charge in [-0.25, -0.2) is 4.68 Å². The van der Waals surface area contributed by atoms with Crippen LogP contribution in [0.1, 0.15) is 27.2 Å². The highest BCUT2D eigenvalue weighted by molar-refractivity contribution is 6.05. The lowest BCUT2D eigenvalue weighted by molar-refractivity contribution is -0.136. The van der Waals surface area contributed by atoms with E-state index in [0.717, 1.165) is 4.68 Å². The first-order chi connectivity index (χ1) is 10.8. The van der Waals surface area contributed by atoms with E-state index in [1.54, 1.807) is 38.1 Å². The van der Waals surface area contributed by atoms with Crippen LogP contribution in [-0.4, -0.2) is 26.8 Å². The van der Waals surface area contributed by atoms with Gasteiger partial charge in [0.15, 0.2) is 0 Å². The fraction of sp³-hybridized carbons (Fsp3) is 0.250. The Balaban J connectivity index is 2.34. The van der Waals surface area contributed by atoms with Crippen molar-refractivity contribution in [2.45, 2.75) is 20.3 Å². The highest BCUT2D eigenvalue weighted by Crippen LogP contribution is 2.14. The number of carboxylic acid groups (broad SMARTS) is 1. The van der Waals surface area contributed by atoms with Gasteiger partial charge in [-0.1, -0.05) is 12.1 Å². The molecule has 23 heavy (non-hydrogen) atoms. The molecule has 0 spiro atoms. The fourth-order valence-corrected chi connectivity index (χ4v) is 2.24. The minimum absolute atomic E-state index is 0.0311. The number of hydrogen-bond acceptors (Lipinski definition) is 4. The molecule has 0 fully saturated rings. The Hall–Kier alpha value is -2.96. The fourth-order valence-electron chi connectivity index (χ4n) is 2.24. The van der Waals surface area contributed by atoms with E-state index in [9.17, 15) is 14.4 Å². The summed E-state index contributed by atoms with van der Waals surface area (Å²) in [6.07, 6.45) is -0.140. The number of carboxylic acids is 1. The summed E-state index contributed by atoms with van der Waals surface area (Å²) in [5.74, 6) is -1.50. The van der Waals surface area contributed by atoms with Crippen LogP contribution in [0.15, 0.2) is 29.1 Å². The second kappa shape index (κ2) is 6.43. The van der Waals surface area contributed by atoms with Gasteiger partial charge in [0.2, 0.25) is 0 Å². The van der Waals surface area contributed by atoms with Crippen LogP contribution in [0.5, 0.6) is 0 Å². The number of aromatic nitrogens is 2. The van der Waals surface area contributed by atoms with Crippen molar-refractivity contribution in [1.29, 1.82) is 0 Å². The van der Waals surface area contributed by atoms with Crippen molar-refractivity contribution in [1.82, 2.24) is 9.78 Å². The summed E-state index contributed by atoms with van der Waals surface area (Å²) in [5.41, 5.74) is 1.66. The van der Waals surface area contributed by atoms with E-state index in [2.05, 4.69) is 10.4 Å². The lowest BCUT2D eigenvalue weighted by Gasteiger charge is -2.11. The van der Waals surface area contributed by atoms with E-state index in [-0.39, 0.29) is 12.0 Å². The monoisotopic (exact) mass is 315 g/mol. The van der Waals surface area contributed by atoms with Gasteiger partial charge in [0.25, 0.3) is 11.5 Å². The Labute approximate surface area is 132 Å². The number of amides is 1. The van der Waals surface area contributed by atoms with Crippen molar-refractivity contribution in [2.24, 2.45) is 7.05 Å². The first kappa shape index (κ1) is 16.4. The smallest absolute Gasteiger partial charge is 0.307 e. The SMILES string of the molecule is Cc1nn(C)c(=O)c(C(=O)Nc2cccc(CC(=O)O)c2)c1C. The molecule has 0 unspecified atom stereocenters. The molecule has 1 aromatic carbocycles. The molecule has 1 amide bonds. The molecule has 0 aliphatic rings. The van der Waals surface area contributed by atoms with Gasteiger partial charge in [0, 0.05) is 12.7 Å². The van der Waals surface area contributed by atoms with Gasteiger partial charge in [0.1, 0.15) is 5.56 Å². The first-order valence-electron chi connectivity index (χ1n) is 6.96. The third-order valence-electron chi connectivity index (χ3n) is 3.49. The second-order valence-electron chi connectivity index (χ2n) is 5.24. The Morgan fingerprint density at radius 2 is 2.00 bits per heavy atom. The molecule has 2 aromatic rings. The van der Waals surface area contributed by atoms with Crippen LogP contribution < -0.4 is 10.9 Å². The van der Waals surface area contributed by atoms with Gasteiger partial charge < -0.3 is 10.4 Å². The van der Waals surface area contributed by atoms with Gasteiger partial charge in [-0.3, -0.25) is 14.4 Å². The highest BCUT2D eigenvalue weighted by atomic mass is 16.4. The van der Waals surface area contributed by atoms with Crippen molar-refractivity contribution < 1.29 is 14.7 Å². The molecule has 0 saturated heterocycles. The van der Waals surface area contributed by atoms with Gasteiger partial charge >= 0.3 is 5.97 Å². The Morgan fingerprint density at radius 3 is 2.65 bits per heavy atom. The number of nitrogens with one attached hydrogen (secondary N) is 1. The lowest BCUT2D eigenvalue weighted by atomic mass is 10.1. The Bertz CT molecular complexity index is 840. The number of carbonyl (C=O) groups excluding carboxylic acids is 1. The van der Waals surface area contributed by atoms with Crippen molar-refractivity contribution in [2.75, 3.05) is 5.32 Å². The maximum absolute atomic E-state index is 12.4. The first-order valence-corrected chi connectivity index (χ1v) is 6.96. The molecule has 7 heteroatoms. The summed E-state index contributed by atoms with van der Waals surface area (Å²) in [7, 11) is 1.49. The van der Waals surface area contributed by atoms with E-state index in [1.165, 1.54) is 7.05 Å². The third kappa shape index (κ3) is 3.63. The largest absolute Gasteiger partial charge is 0.481 e. The van der Waals surface area contributed by atoms with Crippen LogP contribution in [0.3, 0.4) is 0 Å². The molecule has 1 heterocycles. The number of anilines is 1. The van der Waals surface area contributed by atoms with Crippen molar-refractivity contribution in [3.8, 4) is 0 Å². The molecule has 1 aromatic heterocycles. The van der Waals surface area contributed by atoms with Crippen molar-refractivity contribution in [3.05, 3.63) is 57.0 Å². The van der Waals surface area contributed by atoms with Crippen LogP contribution >= 0.6 is 0 Å². The number of carbonyl (C=O) groups is 2. The molecule has 7 nitrogen and oxygen atoms in total. The standard InChI is InChI=1S/C16H17N3O4/c1-9-10(2)18-19(3)16(23)14(9)15(22)17-12-6-4-5-11(7-12)8-13(20)21/h4-7H,8H2,1-3H3,(H,17,22)(H,20,21). The third-order valence-corrected chi connectivity index (χ3v) is 3.49. The molecule has 0 aliphatic heterocycles. The summed E-state index contributed by atoms with van der Waals surface area (Å²) in [4.78, 5) is 35.3. The zero-order chi connectivity index (χ0) is 17.1. The normalized spacial score (nSPS) is 10.4. The Kier molecular flexibility index (Phi) is 4.59. The van der Waals surface area contributed by atoms with Crippen LogP contribution in [0.4, 0.5) is 5.69 Å². The number of aliphatic carboxylic acids is 1. The number of rotatable bonds is 4. The minimum Gasteiger partial charge on any atom is -0.481 e. The molecule has 2 N–H and O–H groups in total. The van der Waals surface area contributed by atoms with Crippen LogP contribution in [-0.2, 0) is 18.3 Å². The quantitative estimate of drug-likeness (QED) is 0.885. The van der Waals surface area contributed by atoms with Crippen LogP contribution in [0.2, 0.25) is 0 Å². The van der Waals surface area contributed by atoms with Gasteiger partial charge in [-0.05, 0) is 37.1 Å². The zero-order valence-corrected chi connectivity index (χ0v) is 13.1. The molecule has 120 valence electrons. The van der Waals surface area contributed by atoms with Crippen LogP contribution in [0.25, 0.3) is 0 Å². The summed E-state index contributed by atoms with van der Waals surface area (Å²) < 4.78 is 1.12. The van der Waals surface area contributed by atoms with E-state index >= 15 is 0 Å². The maximum Gasteiger partial charge on any atom is 0.307 e. The van der Waals surface area contributed by atoms with Gasteiger partial charge in [-0.15, -0.1) is 0 Å². The number of hydrogen-bond donors (Lipinski definition) is 2. The van der Waals surface area contributed by atoms with E-state index in [1.807, 2.05) is 0 Å². The molecule has 0 aliphatic carbocycles. The molecule has 2 rings (SSSR count). The van der Waals surface area contributed by atoms with E-state index in [0.29, 0.717) is 22.5 Å². The number of aryl methyl sites for hydroxylation is 2. The number of benzene rings is 1. The Morgan fingerprint density at radius 1 is 1.30 bits per heavy atom. The van der Waals surface area contributed by atoms with Gasteiger partial charge in [0.05, 0.1) is 12.1 Å². The molecule has 0 radical (unpaired) electrons. The van der Waals surface area contributed by atoms with E-state index in [4.69, 9.17) is 5.11 Å². The summed E-state index contributed by atoms with van der Waals surface area (Å²) in [6.45, 7) is 3.39. The summed E-state index contributed by atoms with van der Waals surface area (Å²) >= 11 is 0. The predicted octanol–water partition coefficient (Wildman–Crippen LogP) is 1.28. The molecular formula is C16H17N3O4. The topological polar surface area (TPSA) is 101 Å². The molecule has 0 atom stereocenters. The second-order valence-corrected chi connectivity index (χ2v) is 5.24. The highest BCUT2D eigenvalue weighted by Gasteiger charge is 2.18. The maximum atomic E-state index is 12.4. The average Bonchev–Trinajstić information content (AvgIpc) is 2.45. The van der Waals surface area contributed by atoms with Crippen molar-refractivity contribution >= 4 is 17.6 Å². The number of nitrogens with zero attached hydrogens (tertiary/aromatic N) is 2. The summed E-state index contributed by atoms with van der Waals surface area (Å²) in [6, 6.07) is 6.51. The van der Waals surface area contributed by atoms with Gasteiger partial charge in [-0.2, -0.15) is 5.10 Å². The molecular weight excluding hydrogens is 298 g/mol. The zero-order valence-electron chi connectivity index (χ0n) is 13.1. The minimum atomic E-state index is -0.956. The lowest BCUT2D eigenvalue weighted by Crippen LogP contribution is -2.31. The van der Waals surface area contributed by atoms with Crippen molar-refractivity contribution in [3.63, 3.8) is 0 Å². The average molecular weight is 315 g/mol. The predicted molar refractivity (Wildman–Crippen MR) is 84.7 cm³/mol. The molecule has 0 saturated carbocycles. The summed E-state index contributed by atoms with van der Waals surface area (Å²) in [5, 5.41) is 15.5. The van der Waals surface area contributed by atoms with Crippen LogP contribution in [0, 0.1) is 13.8 Å². The molecule has 0 bridgehead atoms. The van der Waals surface area contributed by atoms with E-state index < -0.39 is 17.4 Å².